The lowest BCUT2D eigenvalue weighted by molar-refractivity contribution is 0.128. The van der Waals surface area contributed by atoms with Crippen molar-refractivity contribution in [2.24, 2.45) is 0 Å². The van der Waals surface area contributed by atoms with Crippen LogP contribution in [0.4, 0.5) is 5.82 Å². The first kappa shape index (κ1) is 14.7. The average Bonchev–Trinajstić information content (AvgIpc) is 2.37. The van der Waals surface area contributed by atoms with E-state index in [4.69, 9.17) is 0 Å². The summed E-state index contributed by atoms with van der Waals surface area (Å²) in [5.41, 5.74) is 0.257. The van der Waals surface area contributed by atoms with Gasteiger partial charge in [-0.15, -0.1) is 0 Å². The molecule has 0 unspecified atom stereocenters. The van der Waals surface area contributed by atoms with E-state index in [1.165, 1.54) is 0 Å². The number of hydrogen-bond donors (Lipinski definition) is 0. The molecule has 106 valence electrons. The van der Waals surface area contributed by atoms with Crippen LogP contribution in [0.25, 0.3) is 0 Å². The second-order valence-corrected chi connectivity index (χ2v) is 6.78. The van der Waals surface area contributed by atoms with Gasteiger partial charge in [-0.05, 0) is 36.7 Å². The molecule has 2 heterocycles. The third kappa shape index (κ3) is 3.66. The minimum atomic E-state index is 0.257. The van der Waals surface area contributed by atoms with Crippen LogP contribution in [-0.4, -0.2) is 46.6 Å². The summed E-state index contributed by atoms with van der Waals surface area (Å²) in [5, 5.41) is 0. The third-order valence-corrected chi connectivity index (χ3v) is 4.00. The molecule has 0 radical (unpaired) electrons. The Bertz CT molecular complexity index is 434. The van der Waals surface area contributed by atoms with Crippen LogP contribution in [0.1, 0.15) is 33.5 Å². The molecule has 1 fully saturated rings. The summed E-state index contributed by atoms with van der Waals surface area (Å²) in [5.74, 6) is 1.95. The highest BCUT2D eigenvalue weighted by molar-refractivity contribution is 9.10. The fourth-order valence-electron chi connectivity index (χ4n) is 2.38. The van der Waals surface area contributed by atoms with Gasteiger partial charge in [0.05, 0.1) is 0 Å². The Labute approximate surface area is 124 Å². The molecule has 0 aromatic carbocycles. The average molecular weight is 327 g/mol. The van der Waals surface area contributed by atoms with Gasteiger partial charge in [0.1, 0.15) is 16.2 Å². The van der Waals surface area contributed by atoms with E-state index < -0.39 is 0 Å². The van der Waals surface area contributed by atoms with E-state index in [1.807, 2.05) is 6.07 Å². The molecule has 0 aliphatic carbocycles. The van der Waals surface area contributed by atoms with Gasteiger partial charge in [0.15, 0.2) is 0 Å². The summed E-state index contributed by atoms with van der Waals surface area (Å²) >= 11 is 3.48. The van der Waals surface area contributed by atoms with Crippen LogP contribution in [0, 0.1) is 0 Å². The highest BCUT2D eigenvalue weighted by atomic mass is 79.9. The van der Waals surface area contributed by atoms with Crippen molar-refractivity contribution < 1.29 is 0 Å². The van der Waals surface area contributed by atoms with Crippen molar-refractivity contribution in [2.45, 2.75) is 39.7 Å². The van der Waals surface area contributed by atoms with Crippen LogP contribution >= 0.6 is 15.9 Å². The van der Waals surface area contributed by atoms with Gasteiger partial charge in [0.25, 0.3) is 0 Å². The summed E-state index contributed by atoms with van der Waals surface area (Å²) in [6, 6.07) is 2.02. The topological polar surface area (TPSA) is 32.3 Å². The Hall–Kier alpha value is -0.680. The second kappa shape index (κ2) is 5.75. The molecule has 0 spiro atoms. The lowest BCUT2D eigenvalue weighted by atomic mass is 10.1. The van der Waals surface area contributed by atoms with Gasteiger partial charge in [-0.2, -0.15) is 0 Å². The lowest BCUT2D eigenvalue weighted by Crippen LogP contribution is -2.53. The SMILES string of the molecule is CCc1nc(Br)cc(N2CCN(C(C)(C)C)CC2)n1. The summed E-state index contributed by atoms with van der Waals surface area (Å²) in [7, 11) is 0. The molecule has 0 amide bonds. The second-order valence-electron chi connectivity index (χ2n) is 5.96. The first-order chi connectivity index (χ1) is 8.90. The van der Waals surface area contributed by atoms with Gasteiger partial charge in [-0.3, -0.25) is 4.90 Å². The Kier molecular flexibility index (Phi) is 4.46. The van der Waals surface area contributed by atoms with E-state index >= 15 is 0 Å². The van der Waals surface area contributed by atoms with Crippen molar-refractivity contribution in [1.82, 2.24) is 14.9 Å². The first-order valence-electron chi connectivity index (χ1n) is 6.93. The number of halogens is 1. The minimum Gasteiger partial charge on any atom is -0.354 e. The van der Waals surface area contributed by atoms with Crippen LogP contribution in [0.15, 0.2) is 10.7 Å². The van der Waals surface area contributed by atoms with Gasteiger partial charge in [-0.1, -0.05) is 6.92 Å². The van der Waals surface area contributed by atoms with Gasteiger partial charge >= 0.3 is 0 Å². The molecule has 1 saturated heterocycles. The number of rotatable bonds is 2. The molecule has 1 aromatic heterocycles. The molecule has 4 nitrogen and oxygen atoms in total. The summed E-state index contributed by atoms with van der Waals surface area (Å²) in [4.78, 5) is 13.9. The van der Waals surface area contributed by atoms with Gasteiger partial charge in [0.2, 0.25) is 0 Å². The maximum atomic E-state index is 4.63. The number of nitrogens with zero attached hydrogens (tertiary/aromatic N) is 4. The summed E-state index contributed by atoms with van der Waals surface area (Å²) < 4.78 is 0.882. The molecular formula is C14H23BrN4. The van der Waals surface area contributed by atoms with Crippen LogP contribution < -0.4 is 4.90 Å². The molecular weight excluding hydrogens is 304 g/mol. The summed E-state index contributed by atoms with van der Waals surface area (Å²) in [6.07, 6.45) is 0.869. The van der Waals surface area contributed by atoms with Crippen molar-refractivity contribution >= 4 is 21.7 Å². The highest BCUT2D eigenvalue weighted by Crippen LogP contribution is 2.21. The van der Waals surface area contributed by atoms with Crippen LogP contribution in [0.2, 0.25) is 0 Å². The standard InChI is InChI=1S/C14H23BrN4/c1-5-12-16-11(15)10-13(17-12)18-6-8-19(9-7-18)14(2,3)4/h10H,5-9H2,1-4H3. The van der Waals surface area contributed by atoms with Crippen LogP contribution in [0.5, 0.6) is 0 Å². The van der Waals surface area contributed by atoms with Crippen molar-refractivity contribution in [1.29, 1.82) is 0 Å². The Morgan fingerprint density at radius 2 is 1.79 bits per heavy atom. The van der Waals surface area contributed by atoms with E-state index in [0.29, 0.717) is 0 Å². The zero-order chi connectivity index (χ0) is 14.0. The van der Waals surface area contributed by atoms with Gasteiger partial charge in [0, 0.05) is 44.2 Å². The molecule has 1 aliphatic rings. The van der Waals surface area contributed by atoms with Crippen LogP contribution in [0.3, 0.4) is 0 Å². The van der Waals surface area contributed by atoms with Crippen molar-refractivity contribution in [3.8, 4) is 0 Å². The van der Waals surface area contributed by atoms with Crippen LogP contribution in [-0.2, 0) is 6.42 Å². The number of anilines is 1. The number of hydrogen-bond acceptors (Lipinski definition) is 4. The molecule has 1 aromatic rings. The largest absolute Gasteiger partial charge is 0.354 e. The van der Waals surface area contributed by atoms with E-state index in [9.17, 15) is 0 Å². The molecule has 0 saturated carbocycles. The molecule has 19 heavy (non-hydrogen) atoms. The molecule has 0 bridgehead atoms. The zero-order valence-electron chi connectivity index (χ0n) is 12.3. The van der Waals surface area contributed by atoms with Crippen molar-refractivity contribution in [2.75, 3.05) is 31.1 Å². The Morgan fingerprint density at radius 3 is 2.32 bits per heavy atom. The smallest absolute Gasteiger partial charge is 0.133 e. The Balaban J connectivity index is 2.07. The van der Waals surface area contributed by atoms with E-state index in [0.717, 1.165) is 48.8 Å². The molecule has 0 N–H and O–H groups in total. The first-order valence-corrected chi connectivity index (χ1v) is 7.73. The predicted octanol–water partition coefficient (Wildman–Crippen LogP) is 2.72. The maximum absolute atomic E-state index is 4.63. The predicted molar refractivity (Wildman–Crippen MR) is 82.6 cm³/mol. The number of piperazine rings is 1. The van der Waals surface area contributed by atoms with Gasteiger partial charge < -0.3 is 4.90 Å². The normalized spacial score (nSPS) is 17.8. The fraction of sp³-hybridized carbons (Fsp3) is 0.714. The molecule has 2 rings (SSSR count). The highest BCUT2D eigenvalue weighted by Gasteiger charge is 2.26. The minimum absolute atomic E-state index is 0.257. The fourth-order valence-corrected chi connectivity index (χ4v) is 2.79. The van der Waals surface area contributed by atoms with E-state index in [2.05, 4.69) is 63.4 Å². The quantitative estimate of drug-likeness (QED) is 0.782. The monoisotopic (exact) mass is 326 g/mol. The number of aryl methyl sites for hydroxylation is 1. The third-order valence-electron chi connectivity index (χ3n) is 3.60. The molecule has 5 heteroatoms. The van der Waals surface area contributed by atoms with E-state index in [1.54, 1.807) is 0 Å². The zero-order valence-corrected chi connectivity index (χ0v) is 13.9. The lowest BCUT2D eigenvalue weighted by Gasteiger charge is -2.42. The van der Waals surface area contributed by atoms with Crippen molar-refractivity contribution in [3.63, 3.8) is 0 Å². The van der Waals surface area contributed by atoms with Crippen molar-refractivity contribution in [3.05, 3.63) is 16.5 Å². The number of aromatic nitrogens is 2. The molecule has 1 aliphatic heterocycles. The maximum Gasteiger partial charge on any atom is 0.133 e. The molecule has 0 atom stereocenters. The summed E-state index contributed by atoms with van der Waals surface area (Å²) in [6.45, 7) is 13.2. The van der Waals surface area contributed by atoms with Gasteiger partial charge in [-0.25, -0.2) is 9.97 Å². The Morgan fingerprint density at radius 1 is 1.16 bits per heavy atom. The van der Waals surface area contributed by atoms with E-state index in [-0.39, 0.29) is 5.54 Å².